The van der Waals surface area contributed by atoms with Crippen LogP contribution in [0, 0.1) is 2.88 Å². The Kier molecular flexibility index (Phi) is 5.06. The van der Waals surface area contributed by atoms with Crippen molar-refractivity contribution < 1.29 is 9.84 Å². The zero-order chi connectivity index (χ0) is 13.1. The predicted molar refractivity (Wildman–Crippen MR) is 86.4 cm³/mol. The summed E-state index contributed by atoms with van der Waals surface area (Å²) in [6.07, 6.45) is -0.602. The van der Waals surface area contributed by atoms with Crippen LogP contribution in [0.1, 0.15) is 24.2 Å². The van der Waals surface area contributed by atoms with Crippen molar-refractivity contribution in [1.82, 2.24) is 0 Å². The van der Waals surface area contributed by atoms with Crippen molar-refractivity contribution in [3.8, 4) is 5.75 Å². The second-order valence-electron chi connectivity index (χ2n) is 3.70. The van der Waals surface area contributed by atoms with E-state index in [1.165, 1.54) is 2.88 Å². The first kappa shape index (κ1) is 14.3. The Morgan fingerprint density at radius 3 is 2.78 bits per heavy atom. The highest BCUT2D eigenvalue weighted by Crippen LogP contribution is 2.33. The van der Waals surface area contributed by atoms with Gasteiger partial charge in [0, 0.05) is 4.47 Å². The van der Waals surface area contributed by atoms with Crippen LogP contribution in [-0.4, -0.2) is 11.7 Å². The molecule has 1 unspecified atom stereocenters. The van der Waals surface area contributed by atoms with Crippen LogP contribution in [0.2, 0.25) is 0 Å². The lowest BCUT2D eigenvalue weighted by Crippen LogP contribution is -2.00. The fourth-order valence-corrected chi connectivity index (χ4v) is 3.60. The number of rotatable bonds is 4. The van der Waals surface area contributed by atoms with Gasteiger partial charge in [-0.1, -0.05) is 22.0 Å². The molecule has 0 aliphatic heterocycles. The number of hydrogen-bond donors (Lipinski definition) is 1. The molecule has 1 N–H and O–H groups in total. The van der Waals surface area contributed by atoms with Crippen molar-refractivity contribution >= 4 is 49.9 Å². The van der Waals surface area contributed by atoms with Gasteiger partial charge in [0.05, 0.1) is 9.49 Å². The lowest BCUT2D eigenvalue weighted by Gasteiger charge is -2.13. The second-order valence-corrected chi connectivity index (χ2v) is 7.36. The van der Waals surface area contributed by atoms with Crippen LogP contribution in [-0.2, 0) is 0 Å². The van der Waals surface area contributed by atoms with E-state index >= 15 is 0 Å². The zero-order valence-corrected chi connectivity index (χ0v) is 14.3. The van der Waals surface area contributed by atoms with E-state index in [9.17, 15) is 5.11 Å². The van der Waals surface area contributed by atoms with E-state index in [1.54, 1.807) is 11.3 Å². The summed E-state index contributed by atoms with van der Waals surface area (Å²) in [5, 5.41) is 12.3. The average Bonchev–Trinajstić information content (AvgIpc) is 2.76. The highest BCUT2D eigenvalue weighted by molar-refractivity contribution is 14.1. The minimum atomic E-state index is -0.602. The molecule has 18 heavy (non-hydrogen) atoms. The fourth-order valence-electron chi connectivity index (χ4n) is 1.63. The molecule has 0 bridgehead atoms. The number of aliphatic hydroxyl groups excluding tert-OH is 1. The minimum Gasteiger partial charge on any atom is -0.494 e. The van der Waals surface area contributed by atoms with Crippen LogP contribution < -0.4 is 4.74 Å². The third kappa shape index (κ3) is 3.26. The monoisotopic (exact) mass is 438 g/mol. The number of halogens is 2. The van der Waals surface area contributed by atoms with E-state index in [1.807, 2.05) is 36.6 Å². The average molecular weight is 439 g/mol. The maximum Gasteiger partial charge on any atom is 0.120 e. The normalized spacial score (nSPS) is 12.4. The van der Waals surface area contributed by atoms with Gasteiger partial charge in [0.15, 0.2) is 0 Å². The Hall–Kier alpha value is -0.110. The molecule has 0 aliphatic carbocycles. The van der Waals surface area contributed by atoms with Crippen molar-refractivity contribution in [3.05, 3.63) is 48.1 Å². The first-order valence-electron chi connectivity index (χ1n) is 5.46. The Labute approximate surface area is 132 Å². The van der Waals surface area contributed by atoms with E-state index in [4.69, 9.17) is 4.74 Å². The van der Waals surface area contributed by atoms with Gasteiger partial charge in [-0.25, -0.2) is 0 Å². The largest absolute Gasteiger partial charge is 0.494 e. The van der Waals surface area contributed by atoms with E-state index in [2.05, 4.69) is 38.5 Å². The van der Waals surface area contributed by atoms with Crippen molar-refractivity contribution in [2.24, 2.45) is 0 Å². The molecule has 1 atom stereocenters. The summed E-state index contributed by atoms with van der Waals surface area (Å²) in [6, 6.07) is 7.66. The Balaban J connectivity index is 2.28. The number of ether oxygens (including phenoxy) is 1. The third-order valence-corrected chi connectivity index (χ3v) is 4.97. The minimum absolute atomic E-state index is 0.602. The number of hydrogen-bond acceptors (Lipinski definition) is 3. The Morgan fingerprint density at radius 2 is 2.22 bits per heavy atom. The van der Waals surface area contributed by atoms with Gasteiger partial charge in [0.25, 0.3) is 0 Å². The molecule has 0 radical (unpaired) electrons. The maximum absolute atomic E-state index is 10.3. The predicted octanol–water partition coefficient (Wildman–Crippen LogP) is 4.60. The van der Waals surface area contributed by atoms with Crippen LogP contribution >= 0.6 is 49.9 Å². The van der Waals surface area contributed by atoms with Gasteiger partial charge < -0.3 is 9.84 Å². The van der Waals surface area contributed by atoms with Crippen molar-refractivity contribution in [2.75, 3.05) is 6.61 Å². The first-order valence-corrected chi connectivity index (χ1v) is 8.21. The lowest BCUT2D eigenvalue weighted by molar-refractivity contribution is 0.220. The molecule has 1 aromatic heterocycles. The molecule has 0 saturated heterocycles. The molecule has 1 heterocycles. The molecule has 0 amide bonds. The number of thiophene rings is 1. The van der Waals surface area contributed by atoms with E-state index in [0.29, 0.717) is 6.61 Å². The van der Waals surface area contributed by atoms with Crippen molar-refractivity contribution in [2.45, 2.75) is 13.0 Å². The van der Waals surface area contributed by atoms with Gasteiger partial charge in [-0.05, 0) is 64.2 Å². The van der Waals surface area contributed by atoms with E-state index in [-0.39, 0.29) is 0 Å². The van der Waals surface area contributed by atoms with Crippen LogP contribution in [0.5, 0.6) is 5.75 Å². The summed E-state index contributed by atoms with van der Waals surface area (Å²) in [5.41, 5.74) is 1.78. The molecule has 0 spiro atoms. The van der Waals surface area contributed by atoms with Gasteiger partial charge in [-0.2, -0.15) is 0 Å². The van der Waals surface area contributed by atoms with Crippen molar-refractivity contribution in [1.29, 1.82) is 0 Å². The summed E-state index contributed by atoms with van der Waals surface area (Å²) in [4.78, 5) is 0. The molecule has 5 heteroatoms. The summed E-state index contributed by atoms with van der Waals surface area (Å²) in [5.74, 6) is 0.806. The highest BCUT2D eigenvalue weighted by Gasteiger charge is 2.15. The molecule has 1 aromatic carbocycles. The Morgan fingerprint density at radius 1 is 1.44 bits per heavy atom. The molecule has 2 rings (SSSR count). The maximum atomic E-state index is 10.3. The lowest BCUT2D eigenvalue weighted by atomic mass is 10.0. The van der Waals surface area contributed by atoms with E-state index in [0.717, 1.165) is 21.3 Å². The second kappa shape index (κ2) is 6.36. The SMILES string of the molecule is CCOc1ccc(C(O)c2csc(I)c2)c(Br)c1. The van der Waals surface area contributed by atoms with Gasteiger partial charge in [-0.3, -0.25) is 0 Å². The van der Waals surface area contributed by atoms with Gasteiger partial charge in [0.2, 0.25) is 0 Å². The standard InChI is InChI=1S/C13H12BrIO2S/c1-2-17-9-3-4-10(11(14)6-9)13(16)8-5-12(15)18-7-8/h3-7,13,16H,2H2,1H3. The summed E-state index contributed by atoms with van der Waals surface area (Å²) >= 11 is 7.37. The van der Waals surface area contributed by atoms with Crippen LogP contribution in [0.25, 0.3) is 0 Å². The molecular formula is C13H12BrIO2S. The molecule has 2 nitrogen and oxygen atoms in total. The fraction of sp³-hybridized carbons (Fsp3) is 0.231. The molecule has 2 aromatic rings. The first-order chi connectivity index (χ1) is 8.61. The summed E-state index contributed by atoms with van der Waals surface area (Å²) in [6.45, 7) is 2.58. The third-order valence-electron chi connectivity index (χ3n) is 2.48. The van der Waals surface area contributed by atoms with Gasteiger partial charge in [0.1, 0.15) is 11.9 Å². The van der Waals surface area contributed by atoms with Crippen molar-refractivity contribution in [3.63, 3.8) is 0 Å². The van der Waals surface area contributed by atoms with E-state index < -0.39 is 6.10 Å². The zero-order valence-electron chi connectivity index (χ0n) is 9.69. The topological polar surface area (TPSA) is 29.5 Å². The smallest absolute Gasteiger partial charge is 0.120 e. The van der Waals surface area contributed by atoms with Gasteiger partial charge >= 0.3 is 0 Å². The van der Waals surface area contributed by atoms with Crippen LogP contribution in [0.3, 0.4) is 0 Å². The molecule has 0 saturated carbocycles. The van der Waals surface area contributed by atoms with Crippen LogP contribution in [0.4, 0.5) is 0 Å². The number of aliphatic hydroxyl groups is 1. The summed E-state index contributed by atoms with van der Waals surface area (Å²) < 4.78 is 7.45. The van der Waals surface area contributed by atoms with Gasteiger partial charge in [-0.15, -0.1) is 11.3 Å². The quantitative estimate of drug-likeness (QED) is 0.707. The molecular weight excluding hydrogens is 427 g/mol. The molecule has 96 valence electrons. The highest BCUT2D eigenvalue weighted by atomic mass is 127. The Bertz CT molecular complexity index is 542. The molecule has 0 aliphatic rings. The van der Waals surface area contributed by atoms with Crippen LogP contribution in [0.15, 0.2) is 34.1 Å². The molecule has 0 fully saturated rings. The number of benzene rings is 1. The summed E-state index contributed by atoms with van der Waals surface area (Å²) in [7, 11) is 0.